The quantitative estimate of drug-likeness (QED) is 0.879. The summed E-state index contributed by atoms with van der Waals surface area (Å²) in [7, 11) is 0. The Morgan fingerprint density at radius 1 is 1.40 bits per heavy atom. The van der Waals surface area contributed by atoms with Crippen molar-refractivity contribution in [1.29, 1.82) is 0 Å². The molecule has 0 radical (unpaired) electrons. The van der Waals surface area contributed by atoms with Gasteiger partial charge in [0.05, 0.1) is 5.02 Å². The molecule has 0 fully saturated rings. The van der Waals surface area contributed by atoms with Gasteiger partial charge in [-0.25, -0.2) is 4.39 Å². The summed E-state index contributed by atoms with van der Waals surface area (Å²) in [6.07, 6.45) is 0. The fraction of sp³-hybridized carbons (Fsp3) is 0.385. The van der Waals surface area contributed by atoms with E-state index in [0.29, 0.717) is 23.4 Å². The van der Waals surface area contributed by atoms with Crippen molar-refractivity contribution in [3.63, 3.8) is 0 Å². The third-order valence-electron chi connectivity index (χ3n) is 2.37. The number of benzene rings is 1. The number of aromatic nitrogens is 2. The van der Waals surface area contributed by atoms with E-state index in [1.807, 2.05) is 0 Å². The Kier molecular flexibility index (Phi) is 5.28. The maximum Gasteiger partial charge on any atom is 0.299 e. The predicted molar refractivity (Wildman–Crippen MR) is 77.9 cm³/mol. The molecule has 7 heteroatoms. The van der Waals surface area contributed by atoms with Gasteiger partial charge in [0.15, 0.2) is 0 Å². The summed E-state index contributed by atoms with van der Waals surface area (Å²) in [5, 5.41) is 12.5. The molecular weight excluding hydrogens is 301 g/mol. The van der Waals surface area contributed by atoms with E-state index in [0.717, 1.165) is 11.6 Å². The summed E-state index contributed by atoms with van der Waals surface area (Å²) in [4.78, 5) is 0. The van der Waals surface area contributed by atoms with E-state index >= 15 is 0 Å². The summed E-state index contributed by atoms with van der Waals surface area (Å²) in [5.74, 6) is 0.410. The van der Waals surface area contributed by atoms with Gasteiger partial charge in [0.1, 0.15) is 16.6 Å². The molecule has 1 heterocycles. The topological polar surface area (TPSA) is 47.0 Å². The second kappa shape index (κ2) is 6.97. The first-order valence-corrected chi connectivity index (χ1v) is 7.40. The van der Waals surface area contributed by atoms with Crippen LogP contribution in [0, 0.1) is 11.7 Å². The highest BCUT2D eigenvalue weighted by Crippen LogP contribution is 2.27. The van der Waals surface area contributed by atoms with Gasteiger partial charge in [-0.2, -0.15) is 0 Å². The third kappa shape index (κ3) is 4.40. The number of ether oxygens (including phenoxy) is 1. The maximum atomic E-state index is 13.3. The zero-order chi connectivity index (χ0) is 14.5. The Hall–Kier alpha value is -1.24. The van der Waals surface area contributed by atoms with Crippen LogP contribution in [-0.2, 0) is 6.54 Å². The van der Waals surface area contributed by atoms with Crippen molar-refractivity contribution in [2.45, 2.75) is 20.4 Å². The molecule has 0 amide bonds. The van der Waals surface area contributed by atoms with Gasteiger partial charge in [0.2, 0.25) is 0 Å². The van der Waals surface area contributed by atoms with E-state index in [1.165, 1.54) is 23.5 Å². The molecule has 0 aliphatic rings. The molecule has 108 valence electrons. The standard InChI is InChI=1S/C13H15ClFN3OS/c1-8(2)6-16-7-12-17-18-13(20-12)19-9-3-4-10(14)11(15)5-9/h3-5,8,16H,6-7H2,1-2H3. The van der Waals surface area contributed by atoms with Crippen LogP contribution < -0.4 is 10.1 Å². The molecule has 0 atom stereocenters. The molecule has 1 aromatic carbocycles. The molecule has 0 saturated carbocycles. The van der Waals surface area contributed by atoms with Crippen LogP contribution in [0.5, 0.6) is 10.9 Å². The van der Waals surface area contributed by atoms with E-state index in [4.69, 9.17) is 16.3 Å². The predicted octanol–water partition coefficient (Wildman–Crippen LogP) is 3.87. The van der Waals surface area contributed by atoms with Crippen LogP contribution >= 0.6 is 22.9 Å². The molecule has 4 nitrogen and oxygen atoms in total. The number of hydrogen-bond acceptors (Lipinski definition) is 5. The van der Waals surface area contributed by atoms with Crippen LogP contribution in [0.25, 0.3) is 0 Å². The summed E-state index contributed by atoms with van der Waals surface area (Å²) in [6.45, 7) is 5.83. The molecule has 0 spiro atoms. The largest absolute Gasteiger partial charge is 0.430 e. The average Bonchev–Trinajstić information content (AvgIpc) is 2.81. The molecule has 2 aromatic rings. The van der Waals surface area contributed by atoms with Crippen molar-refractivity contribution >= 4 is 22.9 Å². The number of hydrogen-bond donors (Lipinski definition) is 1. The van der Waals surface area contributed by atoms with Crippen LogP contribution in [0.4, 0.5) is 4.39 Å². The molecule has 0 aliphatic carbocycles. The summed E-state index contributed by atoms with van der Waals surface area (Å²) in [6, 6.07) is 4.25. The Morgan fingerprint density at radius 3 is 2.90 bits per heavy atom. The lowest BCUT2D eigenvalue weighted by molar-refractivity contribution is 0.467. The molecule has 0 bridgehead atoms. The molecular formula is C13H15ClFN3OS. The van der Waals surface area contributed by atoms with Gasteiger partial charge in [-0.3, -0.25) is 0 Å². The van der Waals surface area contributed by atoms with Gasteiger partial charge in [-0.05, 0) is 24.6 Å². The van der Waals surface area contributed by atoms with Crippen LogP contribution in [0.2, 0.25) is 5.02 Å². The number of nitrogens with zero attached hydrogens (tertiary/aromatic N) is 2. The minimum atomic E-state index is -0.521. The molecule has 2 rings (SSSR count). The second-order valence-corrected chi connectivity index (χ2v) is 6.10. The van der Waals surface area contributed by atoms with Crippen LogP contribution in [-0.4, -0.2) is 16.7 Å². The van der Waals surface area contributed by atoms with Crippen molar-refractivity contribution in [2.24, 2.45) is 5.92 Å². The van der Waals surface area contributed by atoms with Gasteiger partial charge >= 0.3 is 0 Å². The first-order chi connectivity index (χ1) is 9.54. The highest BCUT2D eigenvalue weighted by molar-refractivity contribution is 7.13. The first kappa shape index (κ1) is 15.2. The fourth-order valence-electron chi connectivity index (χ4n) is 1.46. The summed E-state index contributed by atoms with van der Waals surface area (Å²) >= 11 is 6.93. The van der Waals surface area contributed by atoms with Gasteiger partial charge in [0, 0.05) is 12.6 Å². The Morgan fingerprint density at radius 2 is 2.20 bits per heavy atom. The van der Waals surface area contributed by atoms with Crippen molar-refractivity contribution < 1.29 is 9.13 Å². The molecule has 1 aromatic heterocycles. The SMILES string of the molecule is CC(C)CNCc1nnc(Oc2ccc(Cl)c(F)c2)s1. The van der Waals surface area contributed by atoms with E-state index in [2.05, 4.69) is 29.4 Å². The maximum absolute atomic E-state index is 13.3. The zero-order valence-electron chi connectivity index (χ0n) is 11.2. The van der Waals surface area contributed by atoms with E-state index < -0.39 is 5.82 Å². The van der Waals surface area contributed by atoms with Crippen molar-refractivity contribution in [1.82, 2.24) is 15.5 Å². The monoisotopic (exact) mass is 315 g/mol. The lowest BCUT2D eigenvalue weighted by Gasteiger charge is -2.04. The lowest BCUT2D eigenvalue weighted by Crippen LogP contribution is -2.18. The van der Waals surface area contributed by atoms with E-state index in [-0.39, 0.29) is 5.02 Å². The molecule has 0 unspecified atom stereocenters. The second-order valence-electron chi connectivity index (χ2n) is 4.66. The minimum Gasteiger partial charge on any atom is -0.430 e. The van der Waals surface area contributed by atoms with Crippen molar-refractivity contribution in [3.05, 3.63) is 34.0 Å². The van der Waals surface area contributed by atoms with Gasteiger partial charge in [-0.1, -0.05) is 41.9 Å². The first-order valence-electron chi connectivity index (χ1n) is 6.20. The third-order valence-corrected chi connectivity index (χ3v) is 3.48. The van der Waals surface area contributed by atoms with Crippen molar-refractivity contribution in [3.8, 4) is 10.9 Å². The smallest absolute Gasteiger partial charge is 0.299 e. The lowest BCUT2D eigenvalue weighted by atomic mass is 10.2. The Bertz CT molecular complexity index is 576. The van der Waals surface area contributed by atoms with Crippen LogP contribution in [0.1, 0.15) is 18.9 Å². The van der Waals surface area contributed by atoms with Gasteiger partial charge in [-0.15, -0.1) is 5.10 Å². The molecule has 0 aliphatic heterocycles. The highest BCUT2D eigenvalue weighted by atomic mass is 35.5. The number of halogens is 2. The van der Waals surface area contributed by atoms with Crippen molar-refractivity contribution in [2.75, 3.05) is 6.54 Å². The van der Waals surface area contributed by atoms with E-state index in [1.54, 1.807) is 6.07 Å². The normalized spacial score (nSPS) is 11.1. The Labute approximate surface area is 125 Å². The van der Waals surface area contributed by atoms with Gasteiger partial charge < -0.3 is 10.1 Å². The van der Waals surface area contributed by atoms with Crippen LogP contribution in [0.15, 0.2) is 18.2 Å². The van der Waals surface area contributed by atoms with E-state index in [9.17, 15) is 4.39 Å². The highest BCUT2D eigenvalue weighted by Gasteiger charge is 2.08. The Balaban J connectivity index is 1.93. The number of nitrogens with one attached hydrogen (secondary N) is 1. The minimum absolute atomic E-state index is 0.0631. The summed E-state index contributed by atoms with van der Waals surface area (Å²) < 4.78 is 18.7. The molecule has 1 N–H and O–H groups in total. The van der Waals surface area contributed by atoms with Crippen LogP contribution in [0.3, 0.4) is 0 Å². The summed E-state index contributed by atoms with van der Waals surface area (Å²) in [5.41, 5.74) is 0. The fourth-order valence-corrected chi connectivity index (χ4v) is 2.25. The van der Waals surface area contributed by atoms with Gasteiger partial charge in [0.25, 0.3) is 5.19 Å². The number of rotatable bonds is 6. The average molecular weight is 316 g/mol. The molecule has 0 saturated heterocycles. The molecule has 20 heavy (non-hydrogen) atoms. The zero-order valence-corrected chi connectivity index (χ0v) is 12.8.